The molecule has 0 saturated carbocycles. The van der Waals surface area contributed by atoms with Crippen LogP contribution in [0, 0.1) is 5.82 Å². The predicted octanol–water partition coefficient (Wildman–Crippen LogP) is 0.821. The summed E-state index contributed by atoms with van der Waals surface area (Å²) in [5.74, 6) is -1.29. The van der Waals surface area contributed by atoms with E-state index in [0.717, 1.165) is 19.4 Å². The van der Waals surface area contributed by atoms with Gasteiger partial charge in [0.1, 0.15) is 5.82 Å². The molecule has 0 bridgehead atoms. The lowest BCUT2D eigenvalue weighted by atomic mass is 10.0. The summed E-state index contributed by atoms with van der Waals surface area (Å²) >= 11 is 0. The van der Waals surface area contributed by atoms with Crippen molar-refractivity contribution >= 4 is 23.4 Å². The van der Waals surface area contributed by atoms with Crippen molar-refractivity contribution in [3.05, 3.63) is 29.6 Å². The first kappa shape index (κ1) is 18.3. The zero-order valence-electron chi connectivity index (χ0n) is 14.8. The normalized spacial score (nSPS) is 20.8. The molecular weight excluding hydrogens is 339 g/mol. The predicted molar refractivity (Wildman–Crippen MR) is 94.2 cm³/mol. The van der Waals surface area contributed by atoms with Crippen LogP contribution in [0.2, 0.25) is 0 Å². The molecule has 2 saturated heterocycles. The summed E-state index contributed by atoms with van der Waals surface area (Å²) in [6.45, 7) is 3.96. The van der Waals surface area contributed by atoms with Crippen molar-refractivity contribution in [1.29, 1.82) is 0 Å². The second-order valence-electron chi connectivity index (χ2n) is 6.69. The molecule has 2 N–H and O–H groups in total. The molecule has 2 aliphatic heterocycles. The molecule has 0 radical (unpaired) electrons. The third-order valence-corrected chi connectivity index (χ3v) is 4.77. The quantitative estimate of drug-likeness (QED) is 0.834. The minimum atomic E-state index is -0.621. The first-order valence-corrected chi connectivity index (χ1v) is 8.82. The van der Waals surface area contributed by atoms with Gasteiger partial charge >= 0.3 is 0 Å². The van der Waals surface area contributed by atoms with Gasteiger partial charge in [-0.05, 0) is 31.0 Å². The third kappa shape index (κ3) is 4.01. The molecule has 1 aromatic rings. The lowest BCUT2D eigenvalue weighted by Gasteiger charge is -2.41. The van der Waals surface area contributed by atoms with Crippen LogP contribution >= 0.6 is 0 Å². The van der Waals surface area contributed by atoms with Gasteiger partial charge in [-0.3, -0.25) is 14.4 Å². The zero-order valence-corrected chi connectivity index (χ0v) is 14.8. The zero-order chi connectivity index (χ0) is 18.7. The molecule has 1 unspecified atom stereocenters. The molecule has 3 amide bonds. The molecule has 26 heavy (non-hydrogen) atoms. The molecule has 8 heteroatoms. The van der Waals surface area contributed by atoms with E-state index in [1.165, 1.54) is 25.1 Å². The van der Waals surface area contributed by atoms with E-state index in [-0.39, 0.29) is 23.4 Å². The van der Waals surface area contributed by atoms with Gasteiger partial charge < -0.3 is 20.4 Å². The van der Waals surface area contributed by atoms with Crippen molar-refractivity contribution < 1.29 is 18.8 Å². The Morgan fingerprint density at radius 2 is 2.12 bits per heavy atom. The minimum Gasteiger partial charge on any atom is -0.336 e. The van der Waals surface area contributed by atoms with Gasteiger partial charge in [0.2, 0.25) is 11.8 Å². The van der Waals surface area contributed by atoms with Gasteiger partial charge in [0.05, 0.1) is 12.1 Å². The number of halogens is 1. The Bertz CT molecular complexity index is 724. The number of hydrogen-bond donors (Lipinski definition) is 2. The highest BCUT2D eigenvalue weighted by molar-refractivity contribution is 5.97. The van der Waals surface area contributed by atoms with Gasteiger partial charge in [-0.1, -0.05) is 0 Å². The smallest absolute Gasteiger partial charge is 0.256 e. The Labute approximate surface area is 151 Å². The molecule has 0 spiro atoms. The van der Waals surface area contributed by atoms with E-state index in [1.807, 2.05) is 4.90 Å². The number of benzene rings is 1. The number of amides is 3. The van der Waals surface area contributed by atoms with Gasteiger partial charge in [0.25, 0.3) is 5.91 Å². The van der Waals surface area contributed by atoms with Crippen molar-refractivity contribution in [1.82, 2.24) is 15.1 Å². The Morgan fingerprint density at radius 3 is 2.85 bits per heavy atom. The van der Waals surface area contributed by atoms with Crippen LogP contribution < -0.4 is 10.6 Å². The number of piperidine rings is 1. The van der Waals surface area contributed by atoms with Gasteiger partial charge in [0.15, 0.2) is 0 Å². The molecule has 140 valence electrons. The van der Waals surface area contributed by atoms with E-state index < -0.39 is 11.7 Å². The topological polar surface area (TPSA) is 81.8 Å². The number of nitrogens with zero attached hydrogens (tertiary/aromatic N) is 2. The number of carbonyl (C=O) groups is 3. The van der Waals surface area contributed by atoms with Crippen LogP contribution in [0.5, 0.6) is 0 Å². The fourth-order valence-corrected chi connectivity index (χ4v) is 3.54. The fraction of sp³-hybridized carbons (Fsp3) is 0.500. The van der Waals surface area contributed by atoms with Gasteiger partial charge in [-0.15, -0.1) is 0 Å². The summed E-state index contributed by atoms with van der Waals surface area (Å²) in [7, 11) is 0. The van der Waals surface area contributed by atoms with Gasteiger partial charge in [0, 0.05) is 44.8 Å². The molecule has 7 nitrogen and oxygen atoms in total. The number of anilines is 1. The summed E-state index contributed by atoms with van der Waals surface area (Å²) in [6, 6.07) is 3.92. The van der Waals surface area contributed by atoms with Gasteiger partial charge in [-0.2, -0.15) is 0 Å². The Balaban J connectivity index is 1.75. The van der Waals surface area contributed by atoms with Crippen LogP contribution in [0.15, 0.2) is 18.2 Å². The van der Waals surface area contributed by atoms with Crippen molar-refractivity contribution in [3.63, 3.8) is 0 Å². The summed E-state index contributed by atoms with van der Waals surface area (Å²) in [6.07, 6.45) is 1.60. The van der Waals surface area contributed by atoms with E-state index in [9.17, 15) is 18.8 Å². The molecule has 3 rings (SSSR count). The highest BCUT2D eigenvalue weighted by Gasteiger charge is 2.32. The number of piperazine rings is 1. The highest BCUT2D eigenvalue weighted by Crippen LogP contribution is 2.22. The number of hydrogen-bond acceptors (Lipinski definition) is 4. The lowest BCUT2D eigenvalue weighted by Crippen LogP contribution is -2.57. The standard InChI is InChI=1S/C18H23FN4O3/c1-12(24)21-13-4-5-16(19)15(9-13)18(26)22-7-2-3-14(11-22)23-8-6-20-10-17(23)25/h4-5,9,14,20H,2-3,6-8,10-11H2,1H3,(H,21,24). The van der Waals surface area contributed by atoms with Crippen LogP contribution in [0.1, 0.15) is 30.1 Å². The maximum Gasteiger partial charge on any atom is 0.256 e. The number of nitrogens with one attached hydrogen (secondary N) is 2. The maximum absolute atomic E-state index is 14.2. The number of likely N-dealkylation sites (tertiary alicyclic amines) is 1. The highest BCUT2D eigenvalue weighted by atomic mass is 19.1. The van der Waals surface area contributed by atoms with Crippen molar-refractivity contribution in [2.24, 2.45) is 0 Å². The average Bonchev–Trinajstić information content (AvgIpc) is 2.63. The third-order valence-electron chi connectivity index (χ3n) is 4.77. The first-order chi connectivity index (χ1) is 12.5. The average molecular weight is 362 g/mol. The maximum atomic E-state index is 14.2. The number of rotatable bonds is 3. The lowest BCUT2D eigenvalue weighted by molar-refractivity contribution is -0.135. The molecule has 2 heterocycles. The van der Waals surface area contributed by atoms with Crippen LogP contribution in [-0.4, -0.2) is 66.3 Å². The van der Waals surface area contributed by atoms with Gasteiger partial charge in [-0.25, -0.2) is 4.39 Å². The van der Waals surface area contributed by atoms with Crippen molar-refractivity contribution in [2.45, 2.75) is 25.8 Å². The van der Waals surface area contributed by atoms with E-state index in [4.69, 9.17) is 0 Å². The molecular formula is C18H23FN4O3. The molecule has 1 aromatic carbocycles. The Kier molecular flexibility index (Phi) is 5.51. The Morgan fingerprint density at radius 1 is 1.31 bits per heavy atom. The molecule has 1 atom stereocenters. The monoisotopic (exact) mass is 362 g/mol. The SMILES string of the molecule is CC(=O)Nc1ccc(F)c(C(=O)N2CCCC(N3CCNCC3=O)C2)c1. The number of carbonyl (C=O) groups excluding carboxylic acids is 3. The summed E-state index contributed by atoms with van der Waals surface area (Å²) in [4.78, 5) is 39.5. The molecule has 2 aliphatic rings. The van der Waals surface area contributed by atoms with E-state index in [0.29, 0.717) is 31.9 Å². The second kappa shape index (κ2) is 7.82. The first-order valence-electron chi connectivity index (χ1n) is 8.82. The summed E-state index contributed by atoms with van der Waals surface area (Å²) in [5.41, 5.74) is 0.316. The second-order valence-corrected chi connectivity index (χ2v) is 6.69. The van der Waals surface area contributed by atoms with Crippen LogP contribution in [-0.2, 0) is 9.59 Å². The van der Waals surface area contributed by atoms with Crippen molar-refractivity contribution in [2.75, 3.05) is 38.0 Å². The van der Waals surface area contributed by atoms with E-state index in [2.05, 4.69) is 10.6 Å². The van der Waals surface area contributed by atoms with Crippen molar-refractivity contribution in [3.8, 4) is 0 Å². The van der Waals surface area contributed by atoms with Crippen LogP contribution in [0.3, 0.4) is 0 Å². The summed E-state index contributed by atoms with van der Waals surface area (Å²) < 4.78 is 14.2. The molecule has 0 aliphatic carbocycles. The molecule has 2 fully saturated rings. The van der Waals surface area contributed by atoms with Crippen LogP contribution in [0.25, 0.3) is 0 Å². The molecule has 0 aromatic heterocycles. The van der Waals surface area contributed by atoms with Crippen LogP contribution in [0.4, 0.5) is 10.1 Å². The van der Waals surface area contributed by atoms with E-state index in [1.54, 1.807) is 4.90 Å². The largest absolute Gasteiger partial charge is 0.336 e. The summed E-state index contributed by atoms with van der Waals surface area (Å²) in [5, 5.41) is 5.60. The minimum absolute atomic E-state index is 0.0365. The fourth-order valence-electron chi connectivity index (χ4n) is 3.54. The van der Waals surface area contributed by atoms with E-state index >= 15 is 0 Å². The Hall–Kier alpha value is -2.48.